The maximum absolute atomic E-state index is 5.55. The Hall–Kier alpha value is -0.0531. The molecule has 0 amide bonds. The first-order chi connectivity index (χ1) is 4.79. The van der Waals surface area contributed by atoms with Gasteiger partial charge in [-0.1, -0.05) is 6.07 Å². The van der Waals surface area contributed by atoms with E-state index in [4.69, 9.17) is 23.2 Å². The normalized spacial score (nSPS) is 10.3. The van der Waals surface area contributed by atoms with E-state index >= 15 is 0 Å². The average molecular weight is 190 g/mol. The Balaban J connectivity index is 2.59. The first-order valence-electron chi connectivity index (χ1n) is 2.75. The van der Waals surface area contributed by atoms with E-state index in [9.17, 15) is 0 Å². The van der Waals surface area contributed by atoms with E-state index in [1.807, 2.05) is 18.2 Å². The van der Waals surface area contributed by atoms with Crippen LogP contribution in [-0.2, 0) is 0 Å². The van der Waals surface area contributed by atoms with Crippen LogP contribution in [0.4, 0.5) is 0 Å². The van der Waals surface area contributed by atoms with Gasteiger partial charge in [0.2, 0.25) is 0 Å². The zero-order valence-electron chi connectivity index (χ0n) is 5.09. The minimum absolute atomic E-state index is 0.324. The van der Waals surface area contributed by atoms with Crippen molar-refractivity contribution in [1.82, 2.24) is 4.98 Å². The Morgan fingerprint density at radius 1 is 1.40 bits per heavy atom. The van der Waals surface area contributed by atoms with E-state index in [1.165, 1.54) is 0 Å². The third kappa shape index (κ3) is 2.69. The van der Waals surface area contributed by atoms with Crippen LogP contribution in [0.5, 0.6) is 0 Å². The van der Waals surface area contributed by atoms with Gasteiger partial charge in [-0.15, -0.1) is 23.2 Å². The second-order valence-electron chi connectivity index (χ2n) is 1.66. The van der Waals surface area contributed by atoms with Crippen LogP contribution in [0.1, 0.15) is 0 Å². The SMILES string of the molecule is ClC(Cl)[Si]c1ccccn1. The fourth-order valence-corrected chi connectivity index (χ4v) is 1.80. The molecule has 1 heterocycles. The summed E-state index contributed by atoms with van der Waals surface area (Å²) in [4.78, 5) is 4.06. The summed E-state index contributed by atoms with van der Waals surface area (Å²) >= 11 is 11.1. The predicted octanol–water partition coefficient (Wildman–Crippen LogP) is 1.17. The summed E-state index contributed by atoms with van der Waals surface area (Å²) < 4.78 is -0.324. The van der Waals surface area contributed by atoms with Gasteiger partial charge in [0.15, 0.2) is 9.52 Å². The number of alkyl halides is 2. The molecule has 52 valence electrons. The number of halogens is 2. The van der Waals surface area contributed by atoms with Crippen molar-refractivity contribution in [2.24, 2.45) is 0 Å². The van der Waals surface area contributed by atoms with Gasteiger partial charge in [-0.05, 0) is 12.1 Å². The molecule has 0 aliphatic carbocycles. The van der Waals surface area contributed by atoms with Crippen LogP contribution in [0, 0.1) is 0 Å². The summed E-state index contributed by atoms with van der Waals surface area (Å²) in [7, 11) is 0.381. The molecule has 0 aromatic carbocycles. The molecule has 1 aromatic rings. The summed E-state index contributed by atoms with van der Waals surface area (Å²) in [5.74, 6) is 0. The summed E-state index contributed by atoms with van der Waals surface area (Å²) in [5, 5.41) is 0.956. The minimum Gasteiger partial charge on any atom is -0.267 e. The van der Waals surface area contributed by atoms with Gasteiger partial charge in [-0.2, -0.15) is 0 Å². The lowest BCUT2D eigenvalue weighted by Crippen LogP contribution is -2.22. The van der Waals surface area contributed by atoms with E-state index in [1.54, 1.807) is 6.20 Å². The lowest BCUT2D eigenvalue weighted by Gasteiger charge is -1.96. The molecule has 0 atom stereocenters. The van der Waals surface area contributed by atoms with Gasteiger partial charge in [0, 0.05) is 11.5 Å². The molecule has 4 heteroatoms. The first-order valence-corrected chi connectivity index (χ1v) is 4.70. The fourth-order valence-electron chi connectivity index (χ4n) is 0.560. The number of hydrogen-bond acceptors (Lipinski definition) is 1. The van der Waals surface area contributed by atoms with Crippen molar-refractivity contribution in [3.8, 4) is 0 Å². The van der Waals surface area contributed by atoms with E-state index < -0.39 is 0 Å². The molecule has 10 heavy (non-hydrogen) atoms. The summed E-state index contributed by atoms with van der Waals surface area (Å²) in [6.45, 7) is 0. The molecule has 0 saturated carbocycles. The Morgan fingerprint density at radius 3 is 2.70 bits per heavy atom. The van der Waals surface area contributed by atoms with Crippen molar-refractivity contribution in [2.75, 3.05) is 0 Å². The highest BCUT2D eigenvalue weighted by atomic mass is 35.5. The van der Waals surface area contributed by atoms with Crippen molar-refractivity contribution in [2.45, 2.75) is 4.46 Å². The molecule has 0 aliphatic rings. The standard InChI is InChI=1S/C6H5Cl2NSi/c7-6(8)10-5-3-1-2-4-9-5/h1-4,6H. The van der Waals surface area contributed by atoms with Crippen molar-refractivity contribution in [3.63, 3.8) is 0 Å². The second-order valence-corrected chi connectivity index (χ2v) is 4.87. The molecule has 0 spiro atoms. The fraction of sp³-hybridized carbons (Fsp3) is 0.167. The zero-order chi connectivity index (χ0) is 7.40. The van der Waals surface area contributed by atoms with Crippen LogP contribution in [0.15, 0.2) is 24.4 Å². The molecule has 0 N–H and O–H groups in total. The molecule has 0 bridgehead atoms. The smallest absolute Gasteiger partial charge is 0.150 e. The van der Waals surface area contributed by atoms with E-state index in [2.05, 4.69) is 4.98 Å². The molecule has 1 rings (SSSR count). The van der Waals surface area contributed by atoms with Crippen molar-refractivity contribution in [3.05, 3.63) is 24.4 Å². The number of aromatic nitrogens is 1. The van der Waals surface area contributed by atoms with Crippen LogP contribution in [0.3, 0.4) is 0 Å². The Kier molecular flexibility index (Phi) is 3.19. The summed E-state index contributed by atoms with van der Waals surface area (Å²) in [5.41, 5.74) is 0. The quantitative estimate of drug-likeness (QED) is 0.504. The maximum atomic E-state index is 5.55. The Bertz CT molecular complexity index is 190. The highest BCUT2D eigenvalue weighted by Crippen LogP contribution is 1.96. The van der Waals surface area contributed by atoms with E-state index in [0.29, 0.717) is 9.52 Å². The molecule has 1 nitrogen and oxygen atoms in total. The second kappa shape index (κ2) is 3.96. The molecular weight excluding hydrogens is 185 g/mol. The van der Waals surface area contributed by atoms with Crippen LogP contribution >= 0.6 is 23.2 Å². The van der Waals surface area contributed by atoms with E-state index in [-0.39, 0.29) is 4.46 Å². The van der Waals surface area contributed by atoms with Crippen molar-refractivity contribution < 1.29 is 0 Å². The van der Waals surface area contributed by atoms with Gasteiger partial charge in [0.1, 0.15) is 4.46 Å². The van der Waals surface area contributed by atoms with Crippen LogP contribution in [0.2, 0.25) is 0 Å². The van der Waals surface area contributed by atoms with Crippen LogP contribution in [-0.4, -0.2) is 19.0 Å². The number of rotatable bonds is 2. The molecule has 1 aromatic heterocycles. The lowest BCUT2D eigenvalue weighted by atomic mass is 10.5. The van der Waals surface area contributed by atoms with Gasteiger partial charge in [-0.3, -0.25) is 4.98 Å². The molecule has 0 unspecified atom stereocenters. The zero-order valence-corrected chi connectivity index (χ0v) is 7.60. The molecule has 0 aliphatic heterocycles. The van der Waals surface area contributed by atoms with Gasteiger partial charge in [0.25, 0.3) is 0 Å². The third-order valence-corrected chi connectivity index (χ3v) is 2.39. The molecule has 2 radical (unpaired) electrons. The summed E-state index contributed by atoms with van der Waals surface area (Å²) in [6, 6.07) is 5.70. The number of nitrogens with zero attached hydrogens (tertiary/aromatic N) is 1. The lowest BCUT2D eigenvalue weighted by molar-refractivity contribution is 1.38. The Morgan fingerprint density at radius 2 is 2.20 bits per heavy atom. The predicted molar refractivity (Wildman–Crippen MR) is 45.1 cm³/mol. The largest absolute Gasteiger partial charge is 0.267 e. The average Bonchev–Trinajstić information content (AvgIpc) is 1.88. The van der Waals surface area contributed by atoms with Crippen molar-refractivity contribution >= 4 is 38.0 Å². The van der Waals surface area contributed by atoms with Gasteiger partial charge >= 0.3 is 0 Å². The van der Waals surface area contributed by atoms with E-state index in [0.717, 1.165) is 5.32 Å². The van der Waals surface area contributed by atoms with Crippen LogP contribution in [0.25, 0.3) is 0 Å². The monoisotopic (exact) mass is 189 g/mol. The van der Waals surface area contributed by atoms with Gasteiger partial charge in [-0.25, -0.2) is 0 Å². The minimum atomic E-state index is -0.324. The maximum Gasteiger partial charge on any atom is 0.150 e. The number of pyridine rings is 1. The first kappa shape index (κ1) is 8.05. The topological polar surface area (TPSA) is 12.9 Å². The molecule has 0 saturated heterocycles. The highest BCUT2D eigenvalue weighted by molar-refractivity contribution is 6.75. The molecule has 0 fully saturated rings. The highest BCUT2D eigenvalue weighted by Gasteiger charge is 2.02. The van der Waals surface area contributed by atoms with Gasteiger partial charge in [0.05, 0.1) is 0 Å². The van der Waals surface area contributed by atoms with Crippen LogP contribution < -0.4 is 5.32 Å². The van der Waals surface area contributed by atoms with Gasteiger partial charge < -0.3 is 0 Å². The number of hydrogen-bond donors (Lipinski definition) is 0. The van der Waals surface area contributed by atoms with Crippen molar-refractivity contribution in [1.29, 1.82) is 0 Å². The Labute approximate surface area is 72.2 Å². The molecular formula is C6H5Cl2NSi. The summed E-state index contributed by atoms with van der Waals surface area (Å²) in [6.07, 6.45) is 1.73. The third-order valence-electron chi connectivity index (χ3n) is 0.922.